The van der Waals surface area contributed by atoms with Crippen LogP contribution in [0.4, 0.5) is 0 Å². The first-order chi connectivity index (χ1) is 19.5. The highest BCUT2D eigenvalue weighted by Gasteiger charge is 2.31. The topological polar surface area (TPSA) is 146 Å². The van der Waals surface area contributed by atoms with Crippen LogP contribution in [0, 0.1) is 0 Å². The number of carbonyl (C=O) groups is 2. The summed E-state index contributed by atoms with van der Waals surface area (Å²) in [5, 5.41) is 0.983. The van der Waals surface area contributed by atoms with Crippen molar-refractivity contribution >= 4 is 22.8 Å². The number of hydrogen-bond donors (Lipinski definition) is 1. The third kappa shape index (κ3) is 9.77. The Morgan fingerprint density at radius 2 is 1.15 bits per heavy atom. The summed E-state index contributed by atoms with van der Waals surface area (Å²) in [5.41, 5.74) is 7.06. The van der Waals surface area contributed by atoms with Crippen LogP contribution in [0.15, 0.2) is 23.0 Å². The SMILES string of the molecule is Cn1c(=O)n(N2C(=O)CCCC2=O)c2ccc(CCOCCOCCOCCOCCOCCOCCN)cc21. The molecule has 2 amide bonds. The maximum absolute atomic E-state index is 12.8. The van der Waals surface area contributed by atoms with Gasteiger partial charge >= 0.3 is 5.69 Å². The van der Waals surface area contributed by atoms with Gasteiger partial charge in [-0.05, 0) is 30.5 Å². The lowest BCUT2D eigenvalue weighted by atomic mass is 10.1. The van der Waals surface area contributed by atoms with Gasteiger partial charge in [0, 0.05) is 26.4 Å². The average molecular weight is 567 g/mol. The van der Waals surface area contributed by atoms with Crippen molar-refractivity contribution in [3.8, 4) is 0 Å². The number of hydrogen-bond acceptors (Lipinski definition) is 10. The van der Waals surface area contributed by atoms with Crippen molar-refractivity contribution in [3.63, 3.8) is 0 Å². The van der Waals surface area contributed by atoms with E-state index in [0.717, 1.165) is 10.6 Å². The van der Waals surface area contributed by atoms with Crippen LogP contribution in [0.1, 0.15) is 24.8 Å². The summed E-state index contributed by atoms with van der Waals surface area (Å²) >= 11 is 0. The van der Waals surface area contributed by atoms with E-state index in [0.29, 0.717) is 110 Å². The molecule has 13 nitrogen and oxygen atoms in total. The molecular formula is C27H42N4O9. The summed E-state index contributed by atoms with van der Waals surface area (Å²) in [5.74, 6) is -0.714. The number of fused-ring (bicyclic) bond motifs is 1. The minimum absolute atomic E-state index is 0.250. The number of nitrogens with zero attached hydrogens (tertiary/aromatic N) is 3. The molecule has 0 unspecified atom stereocenters. The van der Waals surface area contributed by atoms with E-state index >= 15 is 0 Å². The van der Waals surface area contributed by atoms with Crippen LogP contribution in [0.25, 0.3) is 11.0 Å². The molecule has 0 bridgehead atoms. The van der Waals surface area contributed by atoms with Gasteiger partial charge in [-0.3, -0.25) is 14.2 Å². The fourth-order valence-electron chi connectivity index (χ4n) is 4.15. The predicted molar refractivity (Wildman–Crippen MR) is 147 cm³/mol. The summed E-state index contributed by atoms with van der Waals surface area (Å²) in [7, 11) is 1.63. The van der Waals surface area contributed by atoms with Gasteiger partial charge in [0.2, 0.25) is 11.8 Å². The maximum atomic E-state index is 12.8. The molecule has 224 valence electrons. The maximum Gasteiger partial charge on any atom is 0.348 e. The minimum atomic E-state index is -0.425. The highest BCUT2D eigenvalue weighted by Crippen LogP contribution is 2.19. The zero-order valence-electron chi connectivity index (χ0n) is 23.3. The normalized spacial score (nSPS) is 14.1. The number of amides is 2. The van der Waals surface area contributed by atoms with Crippen LogP contribution < -0.4 is 16.4 Å². The van der Waals surface area contributed by atoms with Crippen molar-refractivity contribution in [3.05, 3.63) is 34.2 Å². The average Bonchev–Trinajstić information content (AvgIpc) is 3.19. The molecule has 13 heteroatoms. The second kappa shape index (κ2) is 17.9. The Morgan fingerprint density at radius 1 is 0.675 bits per heavy atom. The fraction of sp³-hybridized carbons (Fsp3) is 0.667. The second-order valence-electron chi connectivity index (χ2n) is 9.14. The summed E-state index contributed by atoms with van der Waals surface area (Å²) < 4.78 is 35.3. The van der Waals surface area contributed by atoms with E-state index in [4.69, 9.17) is 34.2 Å². The van der Waals surface area contributed by atoms with Crippen molar-refractivity contribution in [2.75, 3.05) is 90.8 Å². The highest BCUT2D eigenvalue weighted by atomic mass is 16.6. The molecule has 2 N–H and O–H groups in total. The molecular weight excluding hydrogens is 524 g/mol. The van der Waals surface area contributed by atoms with E-state index in [2.05, 4.69) is 0 Å². The van der Waals surface area contributed by atoms with Gasteiger partial charge < -0.3 is 34.2 Å². The molecule has 1 aliphatic heterocycles. The lowest BCUT2D eigenvalue weighted by molar-refractivity contribution is -0.131. The predicted octanol–water partition coefficient (Wildman–Crippen LogP) is 0.116. The summed E-state index contributed by atoms with van der Waals surface area (Å²) in [6, 6.07) is 5.54. The molecule has 0 saturated carbocycles. The smallest absolute Gasteiger partial charge is 0.348 e. The van der Waals surface area contributed by atoms with Gasteiger partial charge in [-0.25, -0.2) is 4.79 Å². The van der Waals surface area contributed by atoms with Crippen molar-refractivity contribution < 1.29 is 38.0 Å². The Hall–Kier alpha value is -2.65. The largest absolute Gasteiger partial charge is 0.379 e. The number of carbonyl (C=O) groups excluding carboxylic acids is 2. The van der Waals surface area contributed by atoms with Gasteiger partial charge in [0.05, 0.1) is 90.3 Å². The molecule has 1 aromatic heterocycles. The first-order valence-corrected chi connectivity index (χ1v) is 13.8. The Labute approximate surface area is 233 Å². The van der Waals surface area contributed by atoms with E-state index < -0.39 is 5.69 Å². The van der Waals surface area contributed by atoms with Crippen LogP contribution in [0.2, 0.25) is 0 Å². The summed E-state index contributed by atoms with van der Waals surface area (Å²) in [6.07, 6.45) is 1.66. The number of imide groups is 1. The lowest BCUT2D eigenvalue weighted by Crippen LogP contribution is -2.52. The molecule has 0 spiro atoms. The molecule has 1 fully saturated rings. The van der Waals surface area contributed by atoms with Gasteiger partial charge in [0.15, 0.2) is 0 Å². The molecule has 0 atom stereocenters. The molecule has 2 aromatic rings. The van der Waals surface area contributed by atoms with Crippen LogP contribution in [-0.2, 0) is 51.5 Å². The molecule has 2 heterocycles. The molecule has 1 aliphatic rings. The van der Waals surface area contributed by atoms with Gasteiger partial charge in [-0.2, -0.15) is 9.69 Å². The third-order valence-corrected chi connectivity index (χ3v) is 6.21. The second-order valence-corrected chi connectivity index (χ2v) is 9.14. The standard InChI is InChI=1S/C27H42N4O9/c1-29-24-21-22(5-6-23(24)30(27(29)34)31-25(32)3-2-4-26(31)33)7-9-35-11-13-37-15-17-39-19-20-40-18-16-38-14-12-36-10-8-28/h5-6,21H,2-4,7-20,28H2,1H3. The quantitative estimate of drug-likeness (QED) is 0.163. The minimum Gasteiger partial charge on any atom is -0.379 e. The molecule has 0 radical (unpaired) electrons. The van der Waals surface area contributed by atoms with E-state index in [1.54, 1.807) is 13.1 Å². The van der Waals surface area contributed by atoms with Crippen LogP contribution in [0.5, 0.6) is 0 Å². The van der Waals surface area contributed by atoms with Gasteiger partial charge in [0.25, 0.3) is 0 Å². The molecule has 1 aromatic carbocycles. The Balaban J connectivity index is 1.23. The number of benzene rings is 1. The molecule has 0 aliphatic carbocycles. The highest BCUT2D eigenvalue weighted by molar-refractivity contribution is 6.10. The number of imidazole rings is 1. The molecule has 3 rings (SSSR count). The Morgan fingerprint density at radius 3 is 1.65 bits per heavy atom. The van der Waals surface area contributed by atoms with Crippen molar-refractivity contribution in [1.82, 2.24) is 9.24 Å². The first kappa shape index (κ1) is 31.9. The Kier molecular flexibility index (Phi) is 14.3. The number of rotatable bonds is 21. The van der Waals surface area contributed by atoms with E-state index in [9.17, 15) is 14.4 Å². The lowest BCUT2D eigenvalue weighted by Gasteiger charge is -2.25. The fourth-order valence-corrected chi connectivity index (χ4v) is 4.15. The van der Waals surface area contributed by atoms with Crippen molar-refractivity contribution in [1.29, 1.82) is 0 Å². The first-order valence-electron chi connectivity index (χ1n) is 13.8. The summed E-state index contributed by atoms with van der Waals surface area (Å²) in [6.45, 7) is 6.48. The van der Waals surface area contributed by atoms with Crippen LogP contribution in [0.3, 0.4) is 0 Å². The monoisotopic (exact) mass is 566 g/mol. The van der Waals surface area contributed by atoms with Gasteiger partial charge in [0.1, 0.15) is 0 Å². The van der Waals surface area contributed by atoms with Crippen molar-refractivity contribution in [2.45, 2.75) is 25.7 Å². The zero-order valence-corrected chi connectivity index (χ0v) is 23.3. The number of ether oxygens (including phenoxy) is 6. The zero-order chi connectivity index (χ0) is 28.6. The van der Waals surface area contributed by atoms with E-state index in [1.165, 1.54) is 9.24 Å². The van der Waals surface area contributed by atoms with Crippen LogP contribution >= 0.6 is 0 Å². The molecule has 1 saturated heterocycles. The molecule has 40 heavy (non-hydrogen) atoms. The number of aryl methyl sites for hydroxylation is 1. The number of aromatic nitrogens is 2. The number of nitrogens with two attached hydrogens (primary N) is 1. The van der Waals surface area contributed by atoms with E-state index in [1.807, 2.05) is 12.1 Å². The third-order valence-electron chi connectivity index (χ3n) is 6.21. The number of piperidine rings is 1. The van der Waals surface area contributed by atoms with Gasteiger partial charge in [-0.1, -0.05) is 6.07 Å². The van der Waals surface area contributed by atoms with Crippen molar-refractivity contribution in [2.24, 2.45) is 12.8 Å². The van der Waals surface area contributed by atoms with Crippen LogP contribution in [-0.4, -0.2) is 107 Å². The Bertz CT molecular complexity index is 1100. The van der Waals surface area contributed by atoms with Gasteiger partial charge in [-0.15, -0.1) is 0 Å². The van der Waals surface area contributed by atoms with E-state index in [-0.39, 0.29) is 24.7 Å². The summed E-state index contributed by atoms with van der Waals surface area (Å²) in [4.78, 5) is 37.6.